The molecule has 1 saturated heterocycles. The first kappa shape index (κ1) is 27.2. The van der Waals surface area contributed by atoms with Crippen LogP contribution in [0.25, 0.3) is 10.9 Å². The van der Waals surface area contributed by atoms with Crippen molar-refractivity contribution in [2.45, 2.75) is 31.0 Å². The molecule has 0 saturated carbocycles. The molecule has 3 aromatic rings. The minimum Gasteiger partial charge on any atom is -0.497 e. The molecule has 1 fully saturated rings. The molecule has 0 unspecified atom stereocenters. The number of ether oxygens (including phenoxy) is 2. The predicted molar refractivity (Wildman–Crippen MR) is 132 cm³/mol. The Morgan fingerprint density at radius 3 is 2.58 bits per heavy atom. The number of benzene rings is 2. The maximum atomic E-state index is 13.7. The van der Waals surface area contributed by atoms with Gasteiger partial charge in [0.05, 0.1) is 12.7 Å². The highest BCUT2D eigenvalue weighted by atomic mass is 19.4. The van der Waals surface area contributed by atoms with E-state index < -0.39 is 30.1 Å². The van der Waals surface area contributed by atoms with Crippen molar-refractivity contribution in [1.29, 1.82) is 0 Å². The van der Waals surface area contributed by atoms with Gasteiger partial charge < -0.3 is 30.4 Å². The third kappa shape index (κ3) is 6.36. The van der Waals surface area contributed by atoms with Crippen LogP contribution in [0.1, 0.15) is 28.8 Å². The Balaban J connectivity index is 1.49. The number of halogens is 4. The van der Waals surface area contributed by atoms with E-state index >= 15 is 0 Å². The number of amides is 2. The zero-order chi connectivity index (χ0) is 27.3. The molecule has 2 aromatic carbocycles. The quantitative estimate of drug-likeness (QED) is 0.314. The van der Waals surface area contributed by atoms with E-state index in [9.17, 15) is 27.2 Å². The highest BCUT2D eigenvalue weighted by Gasteiger charge is 2.41. The summed E-state index contributed by atoms with van der Waals surface area (Å²) in [6.07, 6.45) is -1.88. The number of hydrogen-bond donors (Lipinski definition) is 4. The fourth-order valence-corrected chi connectivity index (χ4v) is 4.48. The number of piperidine rings is 1. The fraction of sp³-hybridized carbons (Fsp3) is 0.385. The standard InChI is InChI=1S/C26H28F4N4O4/c1-37-18-3-5-22(38-15-26(28,29)30)20(13-18)23(35)34-25(7-10-31-11-8-25)24(36)32-9-6-16-14-33-21-4-2-17(27)12-19(16)21/h2-5,12-14,31,33H,6-11,15H2,1H3,(H,32,36)(H,34,35). The molecular weight excluding hydrogens is 508 g/mol. The van der Waals surface area contributed by atoms with Gasteiger partial charge in [0.1, 0.15) is 22.9 Å². The minimum atomic E-state index is -4.60. The van der Waals surface area contributed by atoms with Crippen LogP contribution in [0.2, 0.25) is 0 Å². The SMILES string of the molecule is COc1ccc(OCC(F)(F)F)c(C(=O)NC2(C(=O)NCCc3c[nH]c4ccc(F)cc34)CCNCC2)c1. The lowest BCUT2D eigenvalue weighted by Gasteiger charge is -2.37. The van der Waals surface area contributed by atoms with Gasteiger partial charge in [-0.2, -0.15) is 13.2 Å². The second kappa shape index (κ2) is 11.3. The van der Waals surface area contributed by atoms with E-state index in [0.717, 1.165) is 11.1 Å². The first-order chi connectivity index (χ1) is 18.1. The van der Waals surface area contributed by atoms with Crippen molar-refractivity contribution in [1.82, 2.24) is 20.9 Å². The largest absolute Gasteiger partial charge is 0.497 e. The number of methoxy groups -OCH3 is 1. The summed E-state index contributed by atoms with van der Waals surface area (Å²) < 4.78 is 61.9. The van der Waals surface area contributed by atoms with Crippen molar-refractivity contribution in [2.24, 2.45) is 0 Å². The maximum Gasteiger partial charge on any atom is 0.422 e. The van der Waals surface area contributed by atoms with Gasteiger partial charge >= 0.3 is 6.18 Å². The van der Waals surface area contributed by atoms with Gasteiger partial charge in [-0.3, -0.25) is 9.59 Å². The average molecular weight is 537 g/mol. The lowest BCUT2D eigenvalue weighted by atomic mass is 9.86. The Hall–Kier alpha value is -3.80. The highest BCUT2D eigenvalue weighted by Crippen LogP contribution is 2.28. The number of H-pyrrole nitrogens is 1. The lowest BCUT2D eigenvalue weighted by Crippen LogP contribution is -2.63. The van der Waals surface area contributed by atoms with Gasteiger partial charge in [0.25, 0.3) is 5.91 Å². The summed E-state index contributed by atoms with van der Waals surface area (Å²) in [4.78, 5) is 29.7. The van der Waals surface area contributed by atoms with Crippen molar-refractivity contribution < 1.29 is 36.6 Å². The minimum absolute atomic E-state index is 0.180. The predicted octanol–water partition coefficient (Wildman–Crippen LogP) is 3.47. The van der Waals surface area contributed by atoms with Gasteiger partial charge in [-0.15, -0.1) is 0 Å². The molecule has 38 heavy (non-hydrogen) atoms. The van der Waals surface area contributed by atoms with Crippen LogP contribution < -0.4 is 25.4 Å². The molecule has 1 aromatic heterocycles. The summed E-state index contributed by atoms with van der Waals surface area (Å²) in [6, 6.07) is 8.28. The van der Waals surface area contributed by atoms with Gasteiger partial charge in [-0.25, -0.2) is 4.39 Å². The summed E-state index contributed by atoms with van der Waals surface area (Å²) in [5.41, 5.74) is 0.127. The molecule has 12 heteroatoms. The van der Waals surface area contributed by atoms with Crippen molar-refractivity contribution in [3.63, 3.8) is 0 Å². The second-order valence-corrected chi connectivity index (χ2v) is 9.06. The molecule has 0 aliphatic carbocycles. The van der Waals surface area contributed by atoms with Crippen LogP contribution in [0.3, 0.4) is 0 Å². The normalized spacial score (nSPS) is 15.2. The van der Waals surface area contributed by atoms with Crippen LogP contribution in [-0.4, -0.2) is 61.9 Å². The molecule has 1 aliphatic rings. The highest BCUT2D eigenvalue weighted by molar-refractivity contribution is 6.01. The Labute approximate surface area is 216 Å². The van der Waals surface area contributed by atoms with Crippen molar-refractivity contribution in [3.05, 3.63) is 59.5 Å². The number of aromatic amines is 1. The molecule has 0 spiro atoms. The van der Waals surface area contributed by atoms with Crippen LogP contribution in [0.4, 0.5) is 17.6 Å². The zero-order valence-corrected chi connectivity index (χ0v) is 20.6. The molecule has 2 heterocycles. The summed E-state index contributed by atoms with van der Waals surface area (Å²) in [6.45, 7) is -0.449. The molecule has 8 nitrogen and oxygen atoms in total. The Kier molecular flexibility index (Phi) is 8.10. The number of aromatic nitrogens is 1. The van der Waals surface area contributed by atoms with E-state index in [1.54, 1.807) is 12.3 Å². The van der Waals surface area contributed by atoms with Crippen LogP contribution in [0, 0.1) is 5.82 Å². The summed E-state index contributed by atoms with van der Waals surface area (Å²) in [7, 11) is 1.36. The number of nitrogens with one attached hydrogen (secondary N) is 4. The Bertz CT molecular complexity index is 1300. The molecule has 0 bridgehead atoms. The molecular formula is C26H28F4N4O4. The van der Waals surface area contributed by atoms with E-state index in [2.05, 4.69) is 20.9 Å². The van der Waals surface area contributed by atoms with Crippen LogP contribution in [-0.2, 0) is 11.2 Å². The van der Waals surface area contributed by atoms with E-state index in [1.807, 2.05) is 0 Å². The third-order valence-electron chi connectivity index (χ3n) is 6.48. The topological polar surface area (TPSA) is 104 Å². The van der Waals surface area contributed by atoms with Crippen molar-refractivity contribution in [3.8, 4) is 11.5 Å². The maximum absolute atomic E-state index is 13.7. The Morgan fingerprint density at radius 2 is 1.87 bits per heavy atom. The summed E-state index contributed by atoms with van der Waals surface area (Å²) >= 11 is 0. The first-order valence-corrected chi connectivity index (χ1v) is 12.0. The smallest absolute Gasteiger partial charge is 0.422 e. The van der Waals surface area contributed by atoms with E-state index in [1.165, 1.54) is 37.4 Å². The molecule has 4 rings (SSSR count). The number of fused-ring (bicyclic) bond motifs is 1. The number of carbonyl (C=O) groups excluding carboxylic acids is 2. The Morgan fingerprint density at radius 1 is 1.11 bits per heavy atom. The molecule has 0 radical (unpaired) electrons. The van der Waals surface area contributed by atoms with E-state index in [-0.39, 0.29) is 42.3 Å². The van der Waals surface area contributed by atoms with Gasteiger partial charge in [-0.05, 0) is 74.3 Å². The fourth-order valence-electron chi connectivity index (χ4n) is 4.48. The summed E-state index contributed by atoms with van der Waals surface area (Å²) in [5.74, 6) is -1.58. The average Bonchev–Trinajstić information content (AvgIpc) is 3.29. The monoisotopic (exact) mass is 536 g/mol. The zero-order valence-electron chi connectivity index (χ0n) is 20.6. The van der Waals surface area contributed by atoms with Crippen molar-refractivity contribution >= 4 is 22.7 Å². The molecule has 2 amide bonds. The van der Waals surface area contributed by atoms with Crippen LogP contribution in [0.5, 0.6) is 11.5 Å². The van der Waals surface area contributed by atoms with Gasteiger partial charge in [0.15, 0.2) is 6.61 Å². The third-order valence-corrected chi connectivity index (χ3v) is 6.48. The van der Waals surface area contributed by atoms with Crippen LogP contribution in [0.15, 0.2) is 42.6 Å². The van der Waals surface area contributed by atoms with Crippen molar-refractivity contribution in [2.75, 3.05) is 33.4 Å². The molecule has 0 atom stereocenters. The first-order valence-electron chi connectivity index (χ1n) is 12.0. The van der Waals surface area contributed by atoms with Gasteiger partial charge in [0, 0.05) is 23.6 Å². The number of hydrogen-bond acceptors (Lipinski definition) is 5. The lowest BCUT2D eigenvalue weighted by molar-refractivity contribution is -0.153. The van der Waals surface area contributed by atoms with Gasteiger partial charge in [-0.1, -0.05) is 0 Å². The van der Waals surface area contributed by atoms with Gasteiger partial charge in [0.2, 0.25) is 5.91 Å². The number of rotatable bonds is 9. The van der Waals surface area contributed by atoms with E-state index in [0.29, 0.717) is 24.9 Å². The molecule has 4 N–H and O–H groups in total. The molecule has 204 valence electrons. The second-order valence-electron chi connectivity index (χ2n) is 9.06. The van der Waals surface area contributed by atoms with Crippen LogP contribution >= 0.6 is 0 Å². The summed E-state index contributed by atoms with van der Waals surface area (Å²) in [5, 5.41) is 9.46. The molecule has 1 aliphatic heterocycles. The van der Waals surface area contributed by atoms with E-state index in [4.69, 9.17) is 9.47 Å². The number of alkyl halides is 3. The number of carbonyl (C=O) groups is 2.